The predicted molar refractivity (Wildman–Crippen MR) is 130 cm³/mol. The summed E-state index contributed by atoms with van der Waals surface area (Å²) in [6, 6.07) is 0. The van der Waals surface area contributed by atoms with Crippen molar-refractivity contribution < 1.29 is 14.6 Å². The molecule has 1 heterocycles. The molecule has 3 saturated carbocycles. The molecule has 0 aromatic rings. The van der Waals surface area contributed by atoms with Crippen LogP contribution in [0.3, 0.4) is 0 Å². The van der Waals surface area contributed by atoms with Crippen LogP contribution in [0.1, 0.15) is 99.3 Å². The topological polar surface area (TPSA) is 38.7 Å². The summed E-state index contributed by atoms with van der Waals surface area (Å²) in [6.07, 6.45) is 17.7. The average Bonchev–Trinajstić information content (AvgIpc) is 3.34. The fourth-order valence-corrected chi connectivity index (χ4v) is 6.86. The highest BCUT2D eigenvalue weighted by molar-refractivity contribution is 5.25. The van der Waals surface area contributed by atoms with Crippen molar-refractivity contribution in [1.82, 2.24) is 0 Å². The average molecular weight is 433 g/mol. The van der Waals surface area contributed by atoms with E-state index in [1.54, 1.807) is 12.5 Å². The van der Waals surface area contributed by atoms with E-state index in [9.17, 15) is 5.11 Å². The highest BCUT2D eigenvalue weighted by Gasteiger charge is 2.55. The number of hydrogen-bond donors (Lipinski definition) is 1. The second-order valence-corrected chi connectivity index (χ2v) is 10.0. The highest BCUT2D eigenvalue weighted by atomic mass is 16.7. The molecule has 3 nitrogen and oxygen atoms in total. The van der Waals surface area contributed by atoms with Crippen molar-refractivity contribution in [1.29, 1.82) is 0 Å². The van der Waals surface area contributed by atoms with Crippen molar-refractivity contribution in [2.75, 3.05) is 13.2 Å². The molecule has 6 atom stereocenters. The molecule has 0 aromatic heterocycles. The third-order valence-corrected chi connectivity index (χ3v) is 8.12. The van der Waals surface area contributed by atoms with E-state index in [-0.39, 0.29) is 17.3 Å². The SMILES string of the molecule is C#CC.CC.CC12CC=C3C4CCC5(CC4CCC3C1CCC2O)OCCO5.CCC. The van der Waals surface area contributed by atoms with Gasteiger partial charge in [-0.25, -0.2) is 0 Å². The van der Waals surface area contributed by atoms with Crippen LogP contribution in [0.25, 0.3) is 0 Å². The minimum absolute atomic E-state index is 0.0852. The summed E-state index contributed by atoms with van der Waals surface area (Å²) in [5, 5.41) is 10.5. The van der Waals surface area contributed by atoms with Gasteiger partial charge in [0.2, 0.25) is 0 Å². The van der Waals surface area contributed by atoms with E-state index < -0.39 is 0 Å². The molecule has 1 saturated heterocycles. The number of allylic oxidation sites excluding steroid dienone is 2. The maximum atomic E-state index is 10.5. The number of fused-ring (bicyclic) bond motifs is 5. The predicted octanol–water partition coefficient (Wildman–Crippen LogP) is 6.75. The lowest BCUT2D eigenvalue weighted by atomic mass is 9.54. The van der Waals surface area contributed by atoms with Gasteiger partial charge < -0.3 is 14.6 Å². The Kier molecular flexibility index (Phi) is 10.1. The molecule has 1 N–H and O–H groups in total. The van der Waals surface area contributed by atoms with Gasteiger partial charge in [0.25, 0.3) is 0 Å². The van der Waals surface area contributed by atoms with Crippen LogP contribution in [0.5, 0.6) is 0 Å². The van der Waals surface area contributed by atoms with Crippen LogP contribution >= 0.6 is 0 Å². The monoisotopic (exact) mass is 432 g/mol. The van der Waals surface area contributed by atoms with Crippen molar-refractivity contribution in [2.45, 2.75) is 111 Å². The molecule has 178 valence electrons. The van der Waals surface area contributed by atoms with Crippen molar-refractivity contribution in [3.05, 3.63) is 11.6 Å². The fraction of sp³-hybridized carbons (Fsp3) is 0.857. The lowest BCUT2D eigenvalue weighted by Gasteiger charge is -2.52. The molecule has 0 radical (unpaired) electrons. The maximum Gasteiger partial charge on any atom is 0.168 e. The number of terminal acetylenes is 1. The van der Waals surface area contributed by atoms with Gasteiger partial charge in [0.15, 0.2) is 5.79 Å². The first kappa shape index (κ1) is 26.4. The molecule has 3 heteroatoms. The van der Waals surface area contributed by atoms with E-state index in [1.165, 1.54) is 32.1 Å². The van der Waals surface area contributed by atoms with E-state index in [0.29, 0.717) is 5.92 Å². The van der Waals surface area contributed by atoms with E-state index in [2.05, 4.69) is 39.2 Å². The van der Waals surface area contributed by atoms with E-state index in [1.807, 2.05) is 13.8 Å². The highest BCUT2D eigenvalue weighted by Crippen LogP contribution is 2.61. The van der Waals surface area contributed by atoms with Crippen LogP contribution in [0.2, 0.25) is 0 Å². The Balaban J connectivity index is 0.000000379. The second-order valence-electron chi connectivity index (χ2n) is 10.0. The molecule has 1 aliphatic heterocycles. The smallest absolute Gasteiger partial charge is 0.168 e. The zero-order valence-electron chi connectivity index (χ0n) is 21.1. The third-order valence-electron chi connectivity index (χ3n) is 8.12. The van der Waals surface area contributed by atoms with Gasteiger partial charge >= 0.3 is 0 Å². The zero-order valence-corrected chi connectivity index (χ0v) is 21.1. The van der Waals surface area contributed by atoms with Crippen molar-refractivity contribution in [3.63, 3.8) is 0 Å². The van der Waals surface area contributed by atoms with E-state index in [0.717, 1.165) is 56.7 Å². The van der Waals surface area contributed by atoms with Gasteiger partial charge in [0, 0.05) is 18.3 Å². The third kappa shape index (κ3) is 5.40. The molecule has 4 aliphatic carbocycles. The summed E-state index contributed by atoms with van der Waals surface area (Å²) in [5.74, 6) is 4.98. The van der Waals surface area contributed by atoms with Gasteiger partial charge in [0.1, 0.15) is 0 Å². The van der Waals surface area contributed by atoms with Crippen molar-refractivity contribution >= 4 is 0 Å². The number of rotatable bonds is 0. The number of hydrogen-bond acceptors (Lipinski definition) is 3. The van der Waals surface area contributed by atoms with Gasteiger partial charge in [-0.05, 0) is 69.1 Å². The van der Waals surface area contributed by atoms with Gasteiger partial charge in [-0.15, -0.1) is 12.3 Å². The minimum Gasteiger partial charge on any atom is -0.393 e. The fourth-order valence-electron chi connectivity index (χ4n) is 6.86. The van der Waals surface area contributed by atoms with Crippen LogP contribution in [-0.2, 0) is 9.47 Å². The molecule has 4 fully saturated rings. The van der Waals surface area contributed by atoms with Crippen LogP contribution in [0, 0.1) is 41.4 Å². The Morgan fingerprint density at radius 2 is 1.68 bits per heavy atom. The van der Waals surface area contributed by atoms with Gasteiger partial charge in [-0.1, -0.05) is 52.7 Å². The molecule has 0 aromatic carbocycles. The molecule has 5 aliphatic rings. The zero-order chi connectivity index (χ0) is 23.1. The molecule has 0 amide bonds. The van der Waals surface area contributed by atoms with Gasteiger partial charge in [-0.3, -0.25) is 0 Å². The first-order valence-electron chi connectivity index (χ1n) is 13.0. The van der Waals surface area contributed by atoms with Crippen LogP contribution in [0.4, 0.5) is 0 Å². The largest absolute Gasteiger partial charge is 0.393 e. The summed E-state index contributed by atoms with van der Waals surface area (Å²) in [4.78, 5) is 0. The normalized spacial score (nSPS) is 38.9. The standard InChI is InChI=1S/C20H30O3.C3H8.C3H4.C2H6/c1-19-8-6-15-14-7-9-20(22-10-11-23-20)12-13(14)2-3-16(15)17(19)4-5-18(19)21;2*1-3-2;1-2/h6,13-14,16-18,21H,2-5,7-12H2,1H3;3H2,1-2H3;1H,2H3;1-2H3. The van der Waals surface area contributed by atoms with Crippen molar-refractivity contribution in [2.24, 2.45) is 29.1 Å². The minimum atomic E-state index is -0.235. The quantitative estimate of drug-likeness (QED) is 0.340. The molecular weight excluding hydrogens is 384 g/mol. The summed E-state index contributed by atoms with van der Waals surface area (Å²) in [6.45, 7) is 13.8. The summed E-state index contributed by atoms with van der Waals surface area (Å²) < 4.78 is 12.0. The van der Waals surface area contributed by atoms with Crippen molar-refractivity contribution in [3.8, 4) is 12.3 Å². The Morgan fingerprint density at radius 3 is 2.29 bits per heavy atom. The number of aliphatic hydroxyl groups excluding tert-OH is 1. The molecule has 6 unspecified atom stereocenters. The molecule has 5 rings (SSSR count). The number of aliphatic hydroxyl groups is 1. The first-order valence-corrected chi connectivity index (χ1v) is 13.0. The van der Waals surface area contributed by atoms with Crippen LogP contribution in [0.15, 0.2) is 11.6 Å². The molecule has 1 spiro atoms. The maximum absolute atomic E-state index is 10.5. The lowest BCUT2D eigenvalue weighted by molar-refractivity contribution is -0.196. The van der Waals surface area contributed by atoms with Crippen LogP contribution < -0.4 is 0 Å². The summed E-state index contributed by atoms with van der Waals surface area (Å²) in [5.41, 5.74) is 1.90. The van der Waals surface area contributed by atoms with E-state index in [4.69, 9.17) is 9.47 Å². The molecule has 0 bridgehead atoms. The first-order chi connectivity index (χ1) is 14.9. The lowest BCUT2D eigenvalue weighted by Crippen LogP contribution is -2.47. The Labute approximate surface area is 192 Å². The second kappa shape index (κ2) is 11.9. The van der Waals surface area contributed by atoms with Gasteiger partial charge in [0.05, 0.1) is 19.3 Å². The number of ether oxygens (including phenoxy) is 2. The van der Waals surface area contributed by atoms with Crippen LogP contribution in [-0.4, -0.2) is 30.2 Å². The summed E-state index contributed by atoms with van der Waals surface area (Å²) >= 11 is 0. The van der Waals surface area contributed by atoms with E-state index >= 15 is 0 Å². The Hall–Kier alpha value is -0.820. The Morgan fingerprint density at radius 1 is 1.06 bits per heavy atom. The summed E-state index contributed by atoms with van der Waals surface area (Å²) in [7, 11) is 0. The Bertz CT molecular complexity index is 612. The molecule has 31 heavy (non-hydrogen) atoms. The molecular formula is C28H48O3. The van der Waals surface area contributed by atoms with Gasteiger partial charge in [-0.2, -0.15) is 0 Å².